The van der Waals surface area contributed by atoms with Crippen LogP contribution in [-0.2, 0) is 0 Å². The molecular weight excluding hydrogens is 386 g/mol. The van der Waals surface area contributed by atoms with Gasteiger partial charge in [-0.1, -0.05) is 5.16 Å². The summed E-state index contributed by atoms with van der Waals surface area (Å²) in [7, 11) is 3.12. The molecule has 0 fully saturated rings. The third-order valence-corrected chi connectivity index (χ3v) is 4.41. The van der Waals surface area contributed by atoms with Gasteiger partial charge >= 0.3 is 0 Å². The van der Waals surface area contributed by atoms with Crippen LogP contribution in [-0.4, -0.2) is 40.5 Å². The number of benzene rings is 2. The summed E-state index contributed by atoms with van der Waals surface area (Å²) in [5.74, 6) is 2.54. The van der Waals surface area contributed by atoms with Gasteiger partial charge in [-0.3, -0.25) is 9.89 Å². The number of aromatic nitrogens is 4. The lowest BCUT2D eigenvalue weighted by Gasteiger charge is -2.07. The summed E-state index contributed by atoms with van der Waals surface area (Å²) in [6.45, 7) is 1.83. The number of aryl methyl sites for hydroxylation is 1. The number of hydrogen-bond acceptors (Lipinski definition) is 7. The third kappa shape index (κ3) is 3.86. The molecule has 152 valence electrons. The Kier molecular flexibility index (Phi) is 5.17. The van der Waals surface area contributed by atoms with Crippen LogP contribution >= 0.6 is 0 Å². The predicted molar refractivity (Wildman–Crippen MR) is 110 cm³/mol. The molecule has 0 spiro atoms. The van der Waals surface area contributed by atoms with Crippen LogP contribution in [0.25, 0.3) is 22.7 Å². The van der Waals surface area contributed by atoms with E-state index in [-0.39, 0.29) is 5.69 Å². The molecule has 0 aliphatic rings. The second-order valence-corrected chi connectivity index (χ2v) is 6.42. The second-order valence-electron chi connectivity index (χ2n) is 6.42. The Morgan fingerprint density at radius 2 is 1.87 bits per heavy atom. The summed E-state index contributed by atoms with van der Waals surface area (Å²) in [6, 6.07) is 14.0. The molecule has 2 aromatic carbocycles. The van der Waals surface area contributed by atoms with Crippen molar-refractivity contribution < 1.29 is 18.8 Å². The highest BCUT2D eigenvalue weighted by Gasteiger charge is 2.17. The molecule has 2 aromatic heterocycles. The summed E-state index contributed by atoms with van der Waals surface area (Å²) in [5.41, 5.74) is 2.23. The molecule has 0 aliphatic carbocycles. The standard InChI is InChI=1S/C21H19N5O4/c1-12-22-20(25-24-12)13-4-6-14(7-5-13)23-21(27)17-11-19(30-26-17)16-10-15(28-2)8-9-18(16)29-3/h4-11H,1-3H3,(H,23,27)(H,22,24,25). The van der Waals surface area contributed by atoms with Crippen molar-refractivity contribution >= 4 is 11.6 Å². The van der Waals surface area contributed by atoms with Gasteiger partial charge in [-0.15, -0.1) is 0 Å². The number of amides is 1. The van der Waals surface area contributed by atoms with Crippen LogP contribution in [0.1, 0.15) is 16.3 Å². The first-order valence-corrected chi connectivity index (χ1v) is 9.07. The Balaban J connectivity index is 1.51. The molecule has 9 heteroatoms. The number of methoxy groups -OCH3 is 2. The fraction of sp³-hybridized carbons (Fsp3) is 0.143. The lowest BCUT2D eigenvalue weighted by Crippen LogP contribution is -2.12. The minimum atomic E-state index is -0.395. The van der Waals surface area contributed by atoms with Crippen molar-refractivity contribution in [3.05, 3.63) is 60.0 Å². The zero-order chi connectivity index (χ0) is 21.1. The number of anilines is 1. The first-order valence-electron chi connectivity index (χ1n) is 9.07. The minimum Gasteiger partial charge on any atom is -0.497 e. The maximum absolute atomic E-state index is 12.6. The Hall–Kier alpha value is -4.14. The molecule has 2 N–H and O–H groups in total. The average molecular weight is 405 g/mol. The van der Waals surface area contributed by atoms with Gasteiger partial charge in [-0.05, 0) is 49.4 Å². The molecule has 4 aromatic rings. The Morgan fingerprint density at radius 1 is 1.07 bits per heavy atom. The highest BCUT2D eigenvalue weighted by Crippen LogP contribution is 2.33. The number of H-pyrrole nitrogens is 1. The van der Waals surface area contributed by atoms with Crippen LogP contribution < -0.4 is 14.8 Å². The smallest absolute Gasteiger partial charge is 0.277 e. The van der Waals surface area contributed by atoms with Crippen LogP contribution in [0, 0.1) is 6.92 Å². The quantitative estimate of drug-likeness (QED) is 0.502. The molecule has 0 atom stereocenters. The summed E-state index contributed by atoms with van der Waals surface area (Å²) < 4.78 is 16.0. The lowest BCUT2D eigenvalue weighted by molar-refractivity contribution is 0.101. The van der Waals surface area contributed by atoms with E-state index in [2.05, 4.69) is 25.7 Å². The number of aromatic amines is 1. The Labute approximate surface area is 172 Å². The van der Waals surface area contributed by atoms with E-state index in [1.165, 1.54) is 0 Å². The van der Waals surface area contributed by atoms with Gasteiger partial charge in [0.15, 0.2) is 17.3 Å². The van der Waals surface area contributed by atoms with E-state index in [1.54, 1.807) is 50.6 Å². The molecule has 2 heterocycles. The topological polar surface area (TPSA) is 115 Å². The van der Waals surface area contributed by atoms with Gasteiger partial charge in [0.25, 0.3) is 5.91 Å². The van der Waals surface area contributed by atoms with Gasteiger partial charge < -0.3 is 19.3 Å². The average Bonchev–Trinajstić information content (AvgIpc) is 3.43. The molecule has 0 unspecified atom stereocenters. The summed E-state index contributed by atoms with van der Waals surface area (Å²) in [6.07, 6.45) is 0. The van der Waals surface area contributed by atoms with Crippen LogP contribution in [0.3, 0.4) is 0 Å². The van der Waals surface area contributed by atoms with E-state index in [9.17, 15) is 4.79 Å². The monoisotopic (exact) mass is 405 g/mol. The van der Waals surface area contributed by atoms with Gasteiger partial charge in [0, 0.05) is 17.3 Å². The number of nitrogens with one attached hydrogen (secondary N) is 2. The van der Waals surface area contributed by atoms with Crippen LogP contribution in [0.2, 0.25) is 0 Å². The molecule has 4 rings (SSSR count). The Morgan fingerprint density at radius 3 is 2.53 bits per heavy atom. The van der Waals surface area contributed by atoms with Crippen molar-refractivity contribution in [3.8, 4) is 34.2 Å². The molecule has 0 saturated heterocycles. The van der Waals surface area contributed by atoms with Gasteiger partial charge in [-0.25, -0.2) is 4.98 Å². The fourth-order valence-corrected chi connectivity index (χ4v) is 2.89. The predicted octanol–water partition coefficient (Wildman–Crippen LogP) is 3.70. The number of carbonyl (C=O) groups is 1. The van der Waals surface area contributed by atoms with E-state index in [4.69, 9.17) is 14.0 Å². The number of hydrogen-bond donors (Lipinski definition) is 2. The van der Waals surface area contributed by atoms with E-state index < -0.39 is 5.91 Å². The molecule has 0 saturated carbocycles. The number of rotatable bonds is 6. The molecule has 0 aliphatic heterocycles. The van der Waals surface area contributed by atoms with Crippen LogP contribution in [0.4, 0.5) is 5.69 Å². The molecule has 30 heavy (non-hydrogen) atoms. The Bertz CT molecular complexity index is 1180. The van der Waals surface area contributed by atoms with Crippen molar-refractivity contribution in [2.24, 2.45) is 0 Å². The summed E-state index contributed by atoms with van der Waals surface area (Å²) in [5, 5.41) is 13.6. The first-order chi connectivity index (χ1) is 14.6. The van der Waals surface area contributed by atoms with Crippen molar-refractivity contribution in [2.45, 2.75) is 6.92 Å². The SMILES string of the molecule is COc1ccc(OC)c(-c2cc(C(=O)Nc3ccc(-c4n[nH]c(C)n4)cc3)no2)c1. The number of ether oxygens (including phenoxy) is 2. The molecular formula is C21H19N5O4. The van der Waals surface area contributed by atoms with E-state index in [1.807, 2.05) is 19.1 Å². The van der Waals surface area contributed by atoms with E-state index in [0.717, 1.165) is 11.4 Å². The van der Waals surface area contributed by atoms with E-state index >= 15 is 0 Å². The highest BCUT2D eigenvalue weighted by molar-refractivity contribution is 6.03. The highest BCUT2D eigenvalue weighted by atomic mass is 16.5. The second kappa shape index (κ2) is 8.08. The normalized spacial score (nSPS) is 10.6. The van der Waals surface area contributed by atoms with Gasteiger partial charge in [-0.2, -0.15) is 5.10 Å². The first kappa shape index (κ1) is 19.2. The zero-order valence-corrected chi connectivity index (χ0v) is 16.6. The molecule has 9 nitrogen and oxygen atoms in total. The van der Waals surface area contributed by atoms with Crippen molar-refractivity contribution in [1.82, 2.24) is 20.3 Å². The molecule has 1 amide bonds. The molecule has 0 bridgehead atoms. The van der Waals surface area contributed by atoms with Crippen molar-refractivity contribution in [1.29, 1.82) is 0 Å². The maximum Gasteiger partial charge on any atom is 0.277 e. The fourth-order valence-electron chi connectivity index (χ4n) is 2.89. The summed E-state index contributed by atoms with van der Waals surface area (Å²) >= 11 is 0. The minimum absolute atomic E-state index is 0.142. The van der Waals surface area contributed by atoms with Gasteiger partial charge in [0.05, 0.1) is 19.8 Å². The summed E-state index contributed by atoms with van der Waals surface area (Å²) in [4.78, 5) is 16.9. The van der Waals surface area contributed by atoms with Crippen LogP contribution in [0.15, 0.2) is 53.1 Å². The lowest BCUT2D eigenvalue weighted by atomic mass is 10.1. The zero-order valence-electron chi connectivity index (χ0n) is 16.6. The largest absolute Gasteiger partial charge is 0.497 e. The van der Waals surface area contributed by atoms with Gasteiger partial charge in [0.1, 0.15) is 17.3 Å². The van der Waals surface area contributed by atoms with Crippen molar-refractivity contribution in [2.75, 3.05) is 19.5 Å². The van der Waals surface area contributed by atoms with Crippen molar-refractivity contribution in [3.63, 3.8) is 0 Å². The van der Waals surface area contributed by atoms with Crippen LogP contribution in [0.5, 0.6) is 11.5 Å². The van der Waals surface area contributed by atoms with Gasteiger partial charge in [0.2, 0.25) is 0 Å². The number of carbonyl (C=O) groups excluding carboxylic acids is 1. The third-order valence-electron chi connectivity index (χ3n) is 4.41. The molecule has 0 radical (unpaired) electrons. The van der Waals surface area contributed by atoms with E-state index in [0.29, 0.717) is 34.3 Å². The maximum atomic E-state index is 12.6. The number of nitrogens with zero attached hydrogens (tertiary/aromatic N) is 3.